The molecule has 2 aromatic rings. The molecule has 6 nitrogen and oxygen atoms in total. The number of hydrogen-bond acceptors (Lipinski definition) is 4. The van der Waals surface area contributed by atoms with E-state index in [4.69, 9.17) is 4.42 Å². The van der Waals surface area contributed by atoms with E-state index in [9.17, 15) is 14.4 Å². The summed E-state index contributed by atoms with van der Waals surface area (Å²) in [6, 6.07) is 8.45. The minimum absolute atomic E-state index is 0.0144. The Morgan fingerprint density at radius 2 is 2.14 bits per heavy atom. The second-order valence-electron chi connectivity index (χ2n) is 5.00. The van der Waals surface area contributed by atoms with Gasteiger partial charge in [-0.1, -0.05) is 18.2 Å². The number of hydrogen-bond donors (Lipinski definition) is 2. The number of benzene rings is 1. The molecule has 108 valence electrons. The van der Waals surface area contributed by atoms with Crippen LogP contribution >= 0.6 is 0 Å². The van der Waals surface area contributed by atoms with Crippen LogP contribution in [0.1, 0.15) is 23.2 Å². The van der Waals surface area contributed by atoms with E-state index in [1.54, 1.807) is 24.3 Å². The van der Waals surface area contributed by atoms with E-state index in [1.165, 1.54) is 6.07 Å². The van der Waals surface area contributed by atoms with Crippen molar-refractivity contribution in [1.29, 1.82) is 0 Å². The molecule has 1 unspecified atom stereocenters. The predicted molar refractivity (Wildman–Crippen MR) is 76.0 cm³/mol. The maximum atomic E-state index is 12.1. The Morgan fingerprint density at radius 1 is 1.33 bits per heavy atom. The lowest BCUT2D eigenvalue weighted by atomic mass is 10.1. The van der Waals surface area contributed by atoms with E-state index < -0.39 is 11.5 Å². The van der Waals surface area contributed by atoms with Gasteiger partial charge in [0.25, 0.3) is 5.91 Å². The number of amides is 2. The van der Waals surface area contributed by atoms with Crippen LogP contribution in [0.5, 0.6) is 0 Å². The summed E-state index contributed by atoms with van der Waals surface area (Å²) >= 11 is 0. The SMILES string of the molecule is O=C1CCC(CNC(=O)c2cc3ccccc3oc2=O)N1. The highest BCUT2D eigenvalue weighted by Gasteiger charge is 2.22. The van der Waals surface area contributed by atoms with Crippen LogP contribution in [0.25, 0.3) is 11.0 Å². The molecule has 2 amide bonds. The van der Waals surface area contributed by atoms with Crippen LogP contribution in [0.3, 0.4) is 0 Å². The molecule has 0 bridgehead atoms. The zero-order chi connectivity index (χ0) is 14.8. The number of rotatable bonds is 3. The van der Waals surface area contributed by atoms with Crippen LogP contribution in [0.4, 0.5) is 0 Å². The van der Waals surface area contributed by atoms with Gasteiger partial charge in [-0.15, -0.1) is 0 Å². The van der Waals surface area contributed by atoms with Crippen molar-refractivity contribution < 1.29 is 14.0 Å². The molecule has 1 aliphatic heterocycles. The van der Waals surface area contributed by atoms with Gasteiger partial charge in [-0.25, -0.2) is 4.79 Å². The van der Waals surface area contributed by atoms with E-state index in [2.05, 4.69) is 10.6 Å². The Morgan fingerprint density at radius 3 is 2.90 bits per heavy atom. The molecule has 1 atom stereocenters. The molecule has 1 aliphatic rings. The second kappa shape index (κ2) is 5.40. The highest BCUT2D eigenvalue weighted by Crippen LogP contribution is 2.12. The Hall–Kier alpha value is -2.63. The van der Waals surface area contributed by atoms with Crippen LogP contribution in [0.15, 0.2) is 39.5 Å². The summed E-state index contributed by atoms with van der Waals surface area (Å²) in [4.78, 5) is 35.0. The summed E-state index contributed by atoms with van der Waals surface area (Å²) in [6.45, 7) is 0.302. The van der Waals surface area contributed by atoms with Crippen molar-refractivity contribution in [1.82, 2.24) is 10.6 Å². The zero-order valence-corrected chi connectivity index (χ0v) is 11.2. The predicted octanol–water partition coefficient (Wildman–Crippen LogP) is 0.801. The molecule has 3 rings (SSSR count). The molecule has 2 N–H and O–H groups in total. The second-order valence-corrected chi connectivity index (χ2v) is 5.00. The van der Waals surface area contributed by atoms with Crippen LogP contribution in [-0.2, 0) is 4.79 Å². The molecule has 1 aromatic carbocycles. The molecular formula is C15H14N2O4. The summed E-state index contributed by atoms with van der Waals surface area (Å²) in [5.41, 5.74) is -0.248. The first kappa shape index (κ1) is 13.4. The topological polar surface area (TPSA) is 88.4 Å². The normalized spacial score (nSPS) is 17.7. The van der Waals surface area contributed by atoms with Gasteiger partial charge >= 0.3 is 5.63 Å². The van der Waals surface area contributed by atoms with Gasteiger partial charge in [0.2, 0.25) is 5.91 Å². The number of fused-ring (bicyclic) bond motifs is 1. The van der Waals surface area contributed by atoms with Crippen LogP contribution in [0, 0.1) is 0 Å². The van der Waals surface area contributed by atoms with Crippen LogP contribution < -0.4 is 16.3 Å². The lowest BCUT2D eigenvalue weighted by molar-refractivity contribution is -0.119. The average molecular weight is 286 g/mol. The number of carbonyl (C=O) groups is 2. The van der Waals surface area contributed by atoms with Gasteiger partial charge in [0.15, 0.2) is 0 Å². The minimum atomic E-state index is -0.665. The fraction of sp³-hybridized carbons (Fsp3) is 0.267. The van der Waals surface area contributed by atoms with E-state index in [-0.39, 0.29) is 17.5 Å². The Balaban J connectivity index is 1.76. The summed E-state index contributed by atoms with van der Waals surface area (Å²) in [7, 11) is 0. The van der Waals surface area contributed by atoms with Crippen molar-refractivity contribution in [2.75, 3.05) is 6.54 Å². The van der Waals surface area contributed by atoms with Crippen molar-refractivity contribution in [3.05, 3.63) is 46.3 Å². The Labute approximate surface area is 120 Å². The fourth-order valence-electron chi connectivity index (χ4n) is 2.36. The summed E-state index contributed by atoms with van der Waals surface area (Å²) < 4.78 is 5.12. The highest BCUT2D eigenvalue weighted by molar-refractivity contribution is 5.96. The van der Waals surface area contributed by atoms with Crippen LogP contribution in [0.2, 0.25) is 0 Å². The van der Waals surface area contributed by atoms with Gasteiger partial charge in [-0.05, 0) is 18.6 Å². The van der Waals surface area contributed by atoms with E-state index in [1.807, 2.05) is 0 Å². The number of para-hydroxylation sites is 1. The van der Waals surface area contributed by atoms with E-state index in [0.717, 1.165) is 0 Å². The molecule has 21 heavy (non-hydrogen) atoms. The van der Waals surface area contributed by atoms with Gasteiger partial charge in [0.1, 0.15) is 11.1 Å². The maximum Gasteiger partial charge on any atom is 0.349 e. The third-order valence-corrected chi connectivity index (χ3v) is 3.48. The van der Waals surface area contributed by atoms with E-state index >= 15 is 0 Å². The van der Waals surface area contributed by atoms with Gasteiger partial charge in [0.05, 0.1) is 0 Å². The zero-order valence-electron chi connectivity index (χ0n) is 11.2. The molecule has 0 saturated carbocycles. The third kappa shape index (κ3) is 2.79. The maximum absolute atomic E-state index is 12.1. The average Bonchev–Trinajstić information content (AvgIpc) is 2.89. The number of nitrogens with one attached hydrogen (secondary N) is 2. The molecule has 6 heteroatoms. The highest BCUT2D eigenvalue weighted by atomic mass is 16.4. The molecule has 0 radical (unpaired) electrons. The molecule has 2 heterocycles. The van der Waals surface area contributed by atoms with Gasteiger partial charge in [-0.3, -0.25) is 9.59 Å². The number of carbonyl (C=O) groups excluding carboxylic acids is 2. The summed E-state index contributed by atoms with van der Waals surface area (Å²) in [6.07, 6.45) is 1.16. The van der Waals surface area contributed by atoms with Crippen molar-refractivity contribution in [2.45, 2.75) is 18.9 Å². The lowest BCUT2D eigenvalue weighted by Crippen LogP contribution is -2.39. The first-order valence-corrected chi connectivity index (χ1v) is 6.74. The monoisotopic (exact) mass is 286 g/mol. The molecule has 0 spiro atoms. The molecule has 1 aromatic heterocycles. The molecule has 0 aliphatic carbocycles. The fourth-order valence-corrected chi connectivity index (χ4v) is 2.36. The first-order chi connectivity index (χ1) is 10.1. The Kier molecular flexibility index (Phi) is 3.43. The quantitative estimate of drug-likeness (QED) is 0.817. The van der Waals surface area contributed by atoms with Crippen molar-refractivity contribution in [2.24, 2.45) is 0 Å². The largest absolute Gasteiger partial charge is 0.422 e. The lowest BCUT2D eigenvalue weighted by Gasteiger charge is -2.10. The van der Waals surface area contributed by atoms with Gasteiger partial charge < -0.3 is 15.1 Å². The van der Waals surface area contributed by atoms with Crippen molar-refractivity contribution in [3.8, 4) is 0 Å². The summed E-state index contributed by atoms with van der Waals surface area (Å²) in [5.74, 6) is -0.505. The van der Waals surface area contributed by atoms with Gasteiger partial charge in [-0.2, -0.15) is 0 Å². The molecular weight excluding hydrogens is 272 g/mol. The molecule has 1 saturated heterocycles. The van der Waals surface area contributed by atoms with Gasteiger partial charge in [0, 0.05) is 24.4 Å². The third-order valence-electron chi connectivity index (χ3n) is 3.48. The standard InChI is InChI=1S/C15H14N2O4/c18-13-6-5-10(17-13)8-16-14(19)11-7-9-3-1-2-4-12(9)21-15(11)20/h1-4,7,10H,5-6,8H2,(H,16,19)(H,17,18). The van der Waals surface area contributed by atoms with E-state index in [0.29, 0.717) is 30.4 Å². The van der Waals surface area contributed by atoms with Crippen LogP contribution in [-0.4, -0.2) is 24.4 Å². The minimum Gasteiger partial charge on any atom is -0.422 e. The first-order valence-electron chi connectivity index (χ1n) is 6.74. The smallest absolute Gasteiger partial charge is 0.349 e. The van der Waals surface area contributed by atoms with Crippen molar-refractivity contribution >= 4 is 22.8 Å². The summed E-state index contributed by atoms with van der Waals surface area (Å²) in [5, 5.41) is 6.09. The van der Waals surface area contributed by atoms with Crippen molar-refractivity contribution in [3.63, 3.8) is 0 Å². The molecule has 1 fully saturated rings. The Bertz CT molecular complexity index is 766.